The van der Waals surface area contributed by atoms with Crippen molar-refractivity contribution in [2.45, 2.75) is 31.0 Å². The van der Waals surface area contributed by atoms with Crippen molar-refractivity contribution in [1.82, 2.24) is 9.97 Å². The number of rotatable bonds is 8. The van der Waals surface area contributed by atoms with Crippen LogP contribution < -0.4 is 10.6 Å². The summed E-state index contributed by atoms with van der Waals surface area (Å²) in [7, 11) is 0. The second-order valence-corrected chi connectivity index (χ2v) is 5.33. The smallest absolute Gasteiger partial charge is 0.191 e. The molecule has 1 unspecified atom stereocenters. The van der Waals surface area contributed by atoms with Gasteiger partial charge in [-0.05, 0) is 19.6 Å². The zero-order chi connectivity index (χ0) is 14.3. The van der Waals surface area contributed by atoms with Crippen LogP contribution in [-0.2, 0) is 0 Å². The first-order valence-corrected chi connectivity index (χ1v) is 7.47. The lowest BCUT2D eigenvalue weighted by Crippen LogP contribution is -2.37. The van der Waals surface area contributed by atoms with Gasteiger partial charge in [0.25, 0.3) is 0 Å². The minimum absolute atomic E-state index is 0.224. The summed E-state index contributed by atoms with van der Waals surface area (Å²) in [5.41, 5.74) is -1.17. The minimum atomic E-state index is -1.17. The molecule has 0 spiro atoms. The van der Waals surface area contributed by atoms with E-state index in [-0.39, 0.29) is 13.2 Å². The molecule has 0 saturated carbocycles. The first kappa shape index (κ1) is 16.0. The van der Waals surface area contributed by atoms with Crippen LogP contribution in [0.3, 0.4) is 0 Å². The average molecular weight is 286 g/mol. The molecule has 0 bridgehead atoms. The van der Waals surface area contributed by atoms with Crippen LogP contribution in [0, 0.1) is 0 Å². The molecule has 1 rings (SSSR count). The summed E-state index contributed by atoms with van der Waals surface area (Å²) >= 11 is 1.46. The van der Waals surface area contributed by atoms with E-state index >= 15 is 0 Å². The van der Waals surface area contributed by atoms with Crippen molar-refractivity contribution < 1.29 is 10.2 Å². The Morgan fingerprint density at radius 3 is 2.47 bits per heavy atom. The first-order chi connectivity index (χ1) is 9.00. The maximum Gasteiger partial charge on any atom is 0.191 e. The molecule has 1 aromatic rings. The predicted octanol–water partition coefficient (Wildman–Crippen LogP) is 1.18. The van der Waals surface area contributed by atoms with Gasteiger partial charge in [-0.2, -0.15) is 0 Å². The van der Waals surface area contributed by atoms with Gasteiger partial charge in [0, 0.05) is 19.2 Å². The average Bonchev–Trinajstić information content (AvgIpc) is 2.42. The SMILES string of the molecule is CCCNc1cc(NCC(C)(O)CO)nc(SC)n1. The third-order valence-electron chi connectivity index (χ3n) is 2.44. The standard InChI is InChI=1S/C12H22N4O2S/c1-4-5-13-9-6-10(16-11(15-9)19-3)14-7-12(2,18)8-17/h6,17-18H,4-5,7-8H2,1-3H3,(H2,13,14,15,16). The molecular weight excluding hydrogens is 264 g/mol. The topological polar surface area (TPSA) is 90.3 Å². The van der Waals surface area contributed by atoms with Gasteiger partial charge in [0.05, 0.1) is 6.61 Å². The second kappa shape index (κ2) is 7.52. The van der Waals surface area contributed by atoms with Gasteiger partial charge in [-0.1, -0.05) is 18.7 Å². The summed E-state index contributed by atoms with van der Waals surface area (Å²) in [6, 6.07) is 1.79. The van der Waals surface area contributed by atoms with E-state index in [1.807, 2.05) is 6.26 Å². The molecule has 6 nitrogen and oxygen atoms in total. The Labute approximate surface area is 118 Å². The highest BCUT2D eigenvalue weighted by molar-refractivity contribution is 7.98. The highest BCUT2D eigenvalue weighted by Crippen LogP contribution is 2.18. The van der Waals surface area contributed by atoms with Gasteiger partial charge in [0.2, 0.25) is 0 Å². The van der Waals surface area contributed by atoms with Crippen LogP contribution in [0.1, 0.15) is 20.3 Å². The van der Waals surface area contributed by atoms with E-state index in [0.717, 1.165) is 18.8 Å². The van der Waals surface area contributed by atoms with Gasteiger partial charge in [0.15, 0.2) is 5.16 Å². The third kappa shape index (κ3) is 5.63. The molecule has 0 fully saturated rings. The number of anilines is 2. The van der Waals surface area contributed by atoms with Crippen molar-refractivity contribution in [3.8, 4) is 0 Å². The van der Waals surface area contributed by atoms with E-state index in [2.05, 4.69) is 27.5 Å². The van der Waals surface area contributed by atoms with Crippen molar-refractivity contribution in [3.63, 3.8) is 0 Å². The van der Waals surface area contributed by atoms with E-state index in [9.17, 15) is 5.11 Å². The Kier molecular flexibility index (Phi) is 6.33. The fourth-order valence-corrected chi connectivity index (χ4v) is 1.67. The van der Waals surface area contributed by atoms with Crippen LogP contribution >= 0.6 is 11.8 Å². The van der Waals surface area contributed by atoms with Crippen LogP contribution in [0.4, 0.5) is 11.6 Å². The monoisotopic (exact) mass is 286 g/mol. The maximum atomic E-state index is 9.75. The molecule has 1 atom stereocenters. The first-order valence-electron chi connectivity index (χ1n) is 6.25. The van der Waals surface area contributed by atoms with Gasteiger partial charge in [-0.15, -0.1) is 0 Å². The number of hydrogen-bond acceptors (Lipinski definition) is 7. The number of aliphatic hydroxyl groups excluding tert-OH is 1. The lowest BCUT2D eigenvalue weighted by atomic mass is 10.1. The number of aromatic nitrogens is 2. The molecule has 0 aliphatic carbocycles. The normalized spacial score (nSPS) is 13.9. The largest absolute Gasteiger partial charge is 0.393 e. The Hall–Kier alpha value is -1.05. The van der Waals surface area contributed by atoms with Crippen molar-refractivity contribution in [3.05, 3.63) is 6.07 Å². The molecule has 1 aromatic heterocycles. The maximum absolute atomic E-state index is 9.75. The third-order valence-corrected chi connectivity index (χ3v) is 2.98. The number of nitrogens with zero attached hydrogens (tertiary/aromatic N) is 2. The van der Waals surface area contributed by atoms with E-state index in [0.29, 0.717) is 11.0 Å². The van der Waals surface area contributed by atoms with Crippen LogP contribution in [0.2, 0.25) is 0 Å². The molecule has 0 saturated heterocycles. The predicted molar refractivity (Wildman–Crippen MR) is 78.8 cm³/mol. The molecule has 7 heteroatoms. The summed E-state index contributed by atoms with van der Waals surface area (Å²) < 4.78 is 0. The lowest BCUT2D eigenvalue weighted by molar-refractivity contribution is 0.0131. The highest BCUT2D eigenvalue weighted by Gasteiger charge is 2.18. The molecule has 0 aliphatic rings. The molecule has 108 valence electrons. The summed E-state index contributed by atoms with van der Waals surface area (Å²) in [6.45, 7) is 4.41. The van der Waals surface area contributed by atoms with Crippen molar-refractivity contribution >= 4 is 23.4 Å². The Morgan fingerprint density at radius 1 is 1.32 bits per heavy atom. The van der Waals surface area contributed by atoms with Gasteiger partial charge in [-0.25, -0.2) is 9.97 Å². The second-order valence-electron chi connectivity index (χ2n) is 4.56. The molecule has 0 amide bonds. The van der Waals surface area contributed by atoms with E-state index in [1.165, 1.54) is 11.8 Å². The van der Waals surface area contributed by atoms with Crippen LogP contribution in [-0.4, -0.2) is 51.7 Å². The summed E-state index contributed by atoms with van der Waals surface area (Å²) in [5, 5.41) is 25.6. The van der Waals surface area contributed by atoms with Crippen molar-refractivity contribution in [2.24, 2.45) is 0 Å². The van der Waals surface area contributed by atoms with Gasteiger partial charge in [0.1, 0.15) is 17.2 Å². The Bertz CT molecular complexity index is 401. The molecular formula is C12H22N4O2S. The van der Waals surface area contributed by atoms with Gasteiger partial charge >= 0.3 is 0 Å². The number of thioether (sulfide) groups is 1. The number of nitrogens with one attached hydrogen (secondary N) is 2. The lowest BCUT2D eigenvalue weighted by Gasteiger charge is -2.21. The molecule has 1 heterocycles. The Balaban J connectivity index is 2.76. The van der Waals surface area contributed by atoms with Crippen LogP contribution in [0.15, 0.2) is 11.2 Å². The molecule has 0 aliphatic heterocycles. The Morgan fingerprint density at radius 2 is 1.95 bits per heavy atom. The van der Waals surface area contributed by atoms with Gasteiger partial charge < -0.3 is 20.8 Å². The summed E-state index contributed by atoms with van der Waals surface area (Å²) in [6.07, 6.45) is 2.92. The molecule has 4 N–H and O–H groups in total. The molecule has 0 radical (unpaired) electrons. The quantitative estimate of drug-likeness (QED) is 0.421. The highest BCUT2D eigenvalue weighted by atomic mass is 32.2. The number of aliphatic hydroxyl groups is 2. The van der Waals surface area contributed by atoms with E-state index in [1.54, 1.807) is 13.0 Å². The number of hydrogen-bond donors (Lipinski definition) is 4. The zero-order valence-electron chi connectivity index (χ0n) is 11.6. The zero-order valence-corrected chi connectivity index (χ0v) is 12.4. The minimum Gasteiger partial charge on any atom is -0.393 e. The van der Waals surface area contributed by atoms with Crippen LogP contribution in [0.5, 0.6) is 0 Å². The molecule has 0 aromatic carbocycles. The van der Waals surface area contributed by atoms with Crippen molar-refractivity contribution in [1.29, 1.82) is 0 Å². The van der Waals surface area contributed by atoms with Crippen molar-refractivity contribution in [2.75, 3.05) is 36.6 Å². The summed E-state index contributed by atoms with van der Waals surface area (Å²) in [5.74, 6) is 1.39. The van der Waals surface area contributed by atoms with E-state index < -0.39 is 5.60 Å². The summed E-state index contributed by atoms with van der Waals surface area (Å²) in [4.78, 5) is 8.65. The van der Waals surface area contributed by atoms with Crippen LogP contribution in [0.25, 0.3) is 0 Å². The van der Waals surface area contributed by atoms with Gasteiger partial charge in [-0.3, -0.25) is 0 Å². The molecule has 19 heavy (non-hydrogen) atoms. The fourth-order valence-electron chi connectivity index (χ4n) is 1.29. The van der Waals surface area contributed by atoms with E-state index in [4.69, 9.17) is 5.11 Å². The fraction of sp³-hybridized carbons (Fsp3) is 0.667.